The minimum Gasteiger partial charge on any atom is -0.340 e. The fraction of sp³-hybridized carbons (Fsp3) is 0.417. The molecule has 2 aliphatic rings. The SMILES string of the molecule is CC(=O)Cn1c(=O)c2c(ncn2C(C)C(=O)Nc2csc(-c3cnc(N4CC5CC5C4)nc3)n2)n(C)c1=O. The molecular weight excluding hydrogens is 510 g/mol. The maximum Gasteiger partial charge on any atom is 0.332 e. The minimum atomic E-state index is -0.851. The van der Waals surface area contributed by atoms with Crippen LogP contribution in [0.25, 0.3) is 21.7 Å². The standard InChI is InChI=1S/C24H25N9O4S/c1-12(34)7-32-22(36)18-19(30(3)24(32)37)27-11-33(18)13(2)20(35)28-17-10-38-21(29-17)16-5-25-23(26-6-16)31-8-14-4-15(14)9-31/h5-6,10-11,13-15H,4,7-9H2,1-3H3,(H,28,35). The molecular formula is C24H25N9O4S. The number of Topliss-reactive ketones (excluding diaryl/α,β-unsaturated/α-hetero) is 1. The van der Waals surface area contributed by atoms with Crippen molar-refractivity contribution in [2.45, 2.75) is 32.9 Å². The summed E-state index contributed by atoms with van der Waals surface area (Å²) in [7, 11) is 1.46. The zero-order chi connectivity index (χ0) is 26.7. The van der Waals surface area contributed by atoms with Crippen LogP contribution in [-0.2, 0) is 23.2 Å². The van der Waals surface area contributed by atoms with Crippen LogP contribution in [0.3, 0.4) is 0 Å². The van der Waals surface area contributed by atoms with Crippen molar-refractivity contribution in [1.29, 1.82) is 0 Å². The smallest absolute Gasteiger partial charge is 0.332 e. The number of nitrogens with zero attached hydrogens (tertiary/aromatic N) is 8. The van der Waals surface area contributed by atoms with Crippen LogP contribution in [0.4, 0.5) is 11.8 Å². The van der Waals surface area contributed by atoms with Gasteiger partial charge in [0, 0.05) is 43.5 Å². The molecule has 5 heterocycles. The molecule has 196 valence electrons. The van der Waals surface area contributed by atoms with Crippen molar-refractivity contribution in [2.75, 3.05) is 23.3 Å². The molecule has 0 aromatic carbocycles. The Kier molecular flexibility index (Phi) is 5.70. The van der Waals surface area contributed by atoms with E-state index in [2.05, 4.69) is 30.2 Å². The Labute approximate surface area is 219 Å². The fourth-order valence-electron chi connectivity index (χ4n) is 4.92. The number of thiazole rings is 1. The van der Waals surface area contributed by atoms with Gasteiger partial charge in [-0.2, -0.15) is 0 Å². The van der Waals surface area contributed by atoms with Crippen LogP contribution in [0.1, 0.15) is 26.3 Å². The molecule has 2 fully saturated rings. The summed E-state index contributed by atoms with van der Waals surface area (Å²) >= 11 is 1.35. The summed E-state index contributed by atoms with van der Waals surface area (Å²) in [4.78, 5) is 70.2. The zero-order valence-corrected chi connectivity index (χ0v) is 21.8. The number of hydrogen-bond acceptors (Lipinski definition) is 10. The third kappa shape index (κ3) is 4.10. The van der Waals surface area contributed by atoms with E-state index in [1.807, 2.05) is 0 Å². The van der Waals surface area contributed by atoms with E-state index in [4.69, 9.17) is 0 Å². The van der Waals surface area contributed by atoms with Crippen LogP contribution in [0.15, 0.2) is 33.7 Å². The number of imidazole rings is 1. The molecule has 6 rings (SSSR count). The van der Waals surface area contributed by atoms with Crippen molar-refractivity contribution in [3.05, 3.63) is 44.9 Å². The van der Waals surface area contributed by atoms with Gasteiger partial charge < -0.3 is 14.8 Å². The van der Waals surface area contributed by atoms with Crippen LogP contribution in [-0.4, -0.2) is 58.4 Å². The summed E-state index contributed by atoms with van der Waals surface area (Å²) in [6, 6.07) is -0.851. The van der Waals surface area contributed by atoms with E-state index in [0.717, 1.165) is 41.0 Å². The lowest BCUT2D eigenvalue weighted by Crippen LogP contribution is -2.41. The number of nitrogens with one attached hydrogen (secondary N) is 1. The quantitative estimate of drug-likeness (QED) is 0.366. The first-order valence-electron chi connectivity index (χ1n) is 12.2. The Morgan fingerprint density at radius 1 is 1.16 bits per heavy atom. The second-order valence-electron chi connectivity index (χ2n) is 9.89. The van der Waals surface area contributed by atoms with Crippen LogP contribution >= 0.6 is 11.3 Å². The van der Waals surface area contributed by atoms with Gasteiger partial charge in [-0.1, -0.05) is 0 Å². The minimum absolute atomic E-state index is 0.0579. The van der Waals surface area contributed by atoms with Crippen LogP contribution < -0.4 is 21.5 Å². The van der Waals surface area contributed by atoms with Gasteiger partial charge in [0.25, 0.3) is 5.56 Å². The Bertz CT molecular complexity index is 1690. The highest BCUT2D eigenvalue weighted by molar-refractivity contribution is 7.13. The van der Waals surface area contributed by atoms with Gasteiger partial charge in [0.15, 0.2) is 11.2 Å². The normalized spacial score (nSPS) is 19.0. The van der Waals surface area contributed by atoms with E-state index in [1.165, 1.54) is 47.2 Å². The second-order valence-corrected chi connectivity index (χ2v) is 10.8. The van der Waals surface area contributed by atoms with Gasteiger partial charge in [0.05, 0.1) is 12.9 Å². The molecule has 1 aliphatic heterocycles. The van der Waals surface area contributed by atoms with Crippen molar-refractivity contribution in [1.82, 2.24) is 33.6 Å². The predicted octanol–water partition coefficient (Wildman–Crippen LogP) is 1.05. The second kappa shape index (κ2) is 8.97. The lowest BCUT2D eigenvalue weighted by Gasteiger charge is -2.17. The number of piperidine rings is 1. The third-order valence-electron chi connectivity index (χ3n) is 7.14. The van der Waals surface area contributed by atoms with Gasteiger partial charge in [0.2, 0.25) is 11.9 Å². The van der Waals surface area contributed by atoms with Crippen LogP contribution in [0, 0.1) is 11.8 Å². The summed E-state index contributed by atoms with van der Waals surface area (Å²) in [6.07, 6.45) is 6.14. The summed E-state index contributed by atoms with van der Waals surface area (Å²) < 4.78 is 3.43. The van der Waals surface area contributed by atoms with Crippen molar-refractivity contribution in [3.63, 3.8) is 0 Å². The van der Waals surface area contributed by atoms with Gasteiger partial charge in [-0.15, -0.1) is 11.3 Å². The van der Waals surface area contributed by atoms with E-state index < -0.39 is 23.2 Å². The number of rotatable bonds is 7. The molecule has 1 N–H and O–H groups in total. The molecule has 13 nitrogen and oxygen atoms in total. The first-order chi connectivity index (χ1) is 18.2. The Morgan fingerprint density at radius 3 is 2.55 bits per heavy atom. The molecule has 0 bridgehead atoms. The van der Waals surface area contributed by atoms with Crippen LogP contribution in [0.5, 0.6) is 0 Å². The number of amides is 1. The highest BCUT2D eigenvalue weighted by Crippen LogP contribution is 2.45. The van der Waals surface area contributed by atoms with Gasteiger partial charge in [-0.3, -0.25) is 23.5 Å². The van der Waals surface area contributed by atoms with Crippen molar-refractivity contribution in [3.8, 4) is 10.6 Å². The molecule has 38 heavy (non-hydrogen) atoms. The van der Waals surface area contributed by atoms with E-state index in [1.54, 1.807) is 24.7 Å². The highest BCUT2D eigenvalue weighted by Gasteiger charge is 2.45. The van der Waals surface area contributed by atoms with Gasteiger partial charge in [0.1, 0.15) is 22.7 Å². The molecule has 4 aromatic heterocycles. The molecule has 1 amide bonds. The number of carbonyl (C=O) groups excluding carboxylic acids is 2. The van der Waals surface area contributed by atoms with Crippen molar-refractivity contribution >= 4 is 46.0 Å². The van der Waals surface area contributed by atoms with E-state index in [0.29, 0.717) is 10.8 Å². The monoisotopic (exact) mass is 535 g/mol. The summed E-state index contributed by atoms with van der Waals surface area (Å²) in [5.74, 6) is 1.90. The number of ketones is 1. The molecule has 1 saturated heterocycles. The van der Waals surface area contributed by atoms with E-state index in [-0.39, 0.29) is 23.5 Å². The Hall–Kier alpha value is -4.20. The average molecular weight is 536 g/mol. The lowest BCUT2D eigenvalue weighted by molar-refractivity contribution is -0.119. The van der Waals surface area contributed by atoms with Gasteiger partial charge in [-0.05, 0) is 32.1 Å². The molecule has 0 radical (unpaired) electrons. The maximum absolute atomic E-state index is 13.1. The zero-order valence-electron chi connectivity index (χ0n) is 21.0. The van der Waals surface area contributed by atoms with Gasteiger partial charge >= 0.3 is 5.69 Å². The highest BCUT2D eigenvalue weighted by atomic mass is 32.1. The van der Waals surface area contributed by atoms with E-state index in [9.17, 15) is 19.2 Å². The number of aryl methyl sites for hydroxylation is 1. The largest absolute Gasteiger partial charge is 0.340 e. The number of aromatic nitrogens is 7. The number of hydrogen-bond donors (Lipinski definition) is 1. The number of carbonyl (C=O) groups is 2. The van der Waals surface area contributed by atoms with Crippen LogP contribution in [0.2, 0.25) is 0 Å². The molecule has 3 unspecified atom stereocenters. The fourth-order valence-corrected chi connectivity index (χ4v) is 5.65. The summed E-state index contributed by atoms with van der Waals surface area (Å²) in [5, 5.41) is 5.16. The lowest BCUT2D eigenvalue weighted by atomic mass is 10.3. The molecule has 1 saturated carbocycles. The first-order valence-corrected chi connectivity index (χ1v) is 13.1. The molecule has 0 spiro atoms. The first kappa shape index (κ1) is 24.2. The van der Waals surface area contributed by atoms with Crippen molar-refractivity contribution < 1.29 is 9.59 Å². The van der Waals surface area contributed by atoms with Gasteiger partial charge in [-0.25, -0.2) is 24.7 Å². The maximum atomic E-state index is 13.1. The third-order valence-corrected chi connectivity index (χ3v) is 8.03. The molecule has 3 atom stereocenters. The summed E-state index contributed by atoms with van der Waals surface area (Å²) in [6.45, 7) is 4.57. The number of anilines is 2. The average Bonchev–Trinajstić information content (AvgIpc) is 3.29. The number of fused-ring (bicyclic) bond motifs is 2. The Balaban J connectivity index is 1.20. The molecule has 1 aliphatic carbocycles. The molecule has 14 heteroatoms. The van der Waals surface area contributed by atoms with E-state index >= 15 is 0 Å². The predicted molar refractivity (Wildman–Crippen MR) is 140 cm³/mol. The molecule has 4 aromatic rings. The topological polar surface area (TPSA) is 150 Å². The van der Waals surface area contributed by atoms with Crippen molar-refractivity contribution in [2.24, 2.45) is 18.9 Å². The Morgan fingerprint density at radius 2 is 1.87 bits per heavy atom. The summed E-state index contributed by atoms with van der Waals surface area (Å²) in [5.41, 5.74) is -0.388.